The summed E-state index contributed by atoms with van der Waals surface area (Å²) in [4.78, 5) is 15.9. The van der Waals surface area contributed by atoms with Crippen molar-refractivity contribution in [3.05, 3.63) is 0 Å². The van der Waals surface area contributed by atoms with E-state index >= 15 is 0 Å². The third kappa shape index (κ3) is 6.65. The van der Waals surface area contributed by atoms with Crippen LogP contribution in [0, 0.1) is 23.7 Å². The summed E-state index contributed by atoms with van der Waals surface area (Å²) in [5.41, 5.74) is 0. The Kier molecular flexibility index (Phi) is 8.72. The van der Waals surface area contributed by atoms with E-state index in [1.54, 1.807) is 0 Å². The van der Waals surface area contributed by atoms with Gasteiger partial charge in [0.1, 0.15) is 0 Å². The summed E-state index contributed by atoms with van der Waals surface area (Å²) in [6, 6.07) is 0.691. The molecular formula is C23H42N6O2. The lowest BCUT2D eigenvalue weighted by Crippen LogP contribution is -2.36. The van der Waals surface area contributed by atoms with E-state index < -0.39 is 0 Å². The Labute approximate surface area is 187 Å². The number of anilines is 3. The maximum absolute atomic E-state index is 9.48. The van der Waals surface area contributed by atoms with Crippen molar-refractivity contribution in [3.8, 4) is 0 Å². The highest BCUT2D eigenvalue weighted by atomic mass is 16.3. The Hall–Kier alpha value is -1.67. The summed E-state index contributed by atoms with van der Waals surface area (Å²) in [6.07, 6.45) is 7.06. The van der Waals surface area contributed by atoms with Crippen LogP contribution in [0.25, 0.3) is 0 Å². The Morgan fingerprint density at radius 3 is 1.58 bits per heavy atom. The molecule has 0 bridgehead atoms. The zero-order valence-electron chi connectivity index (χ0n) is 19.7. The number of aromatic nitrogens is 3. The van der Waals surface area contributed by atoms with Crippen LogP contribution >= 0.6 is 0 Å². The van der Waals surface area contributed by atoms with Gasteiger partial charge in [-0.1, -0.05) is 27.7 Å². The van der Waals surface area contributed by atoms with Gasteiger partial charge in [0, 0.05) is 25.2 Å². The molecule has 6 atom stereocenters. The first-order valence-electron chi connectivity index (χ1n) is 12.1. The molecule has 3 rings (SSSR count). The van der Waals surface area contributed by atoms with E-state index in [2.05, 4.69) is 48.3 Å². The third-order valence-corrected chi connectivity index (χ3v) is 7.14. The second-order valence-electron chi connectivity index (χ2n) is 10.0. The van der Waals surface area contributed by atoms with E-state index in [1.165, 1.54) is 25.7 Å². The zero-order valence-corrected chi connectivity index (χ0v) is 19.7. The Balaban J connectivity index is 1.82. The van der Waals surface area contributed by atoms with Crippen LogP contribution in [0.4, 0.5) is 17.8 Å². The molecule has 1 aromatic rings. The van der Waals surface area contributed by atoms with Crippen LogP contribution in [0.2, 0.25) is 0 Å². The number of hydrogen-bond acceptors (Lipinski definition) is 8. The molecule has 0 saturated heterocycles. The first kappa shape index (κ1) is 24.0. The van der Waals surface area contributed by atoms with Crippen molar-refractivity contribution in [2.75, 3.05) is 41.8 Å². The van der Waals surface area contributed by atoms with Crippen LogP contribution in [0.15, 0.2) is 0 Å². The third-order valence-electron chi connectivity index (χ3n) is 7.14. The Morgan fingerprint density at radius 2 is 1.19 bits per heavy atom. The number of aliphatic hydroxyl groups is 2. The first-order chi connectivity index (χ1) is 14.9. The number of hydrogen-bond donors (Lipinski definition) is 4. The van der Waals surface area contributed by atoms with Gasteiger partial charge in [-0.25, -0.2) is 0 Å². The topological polar surface area (TPSA) is 106 Å². The second kappa shape index (κ2) is 11.3. The maximum atomic E-state index is 9.48. The molecule has 0 amide bonds. The molecule has 8 heteroatoms. The van der Waals surface area contributed by atoms with Crippen LogP contribution < -0.4 is 15.5 Å². The van der Waals surface area contributed by atoms with Crippen LogP contribution in [0.5, 0.6) is 0 Å². The lowest BCUT2D eigenvalue weighted by molar-refractivity contribution is 0.274. The van der Waals surface area contributed by atoms with E-state index in [9.17, 15) is 10.2 Å². The molecule has 0 aliphatic heterocycles. The van der Waals surface area contributed by atoms with Crippen molar-refractivity contribution in [2.24, 2.45) is 23.7 Å². The van der Waals surface area contributed by atoms with E-state index in [4.69, 9.17) is 4.98 Å². The van der Waals surface area contributed by atoms with Gasteiger partial charge in [-0.15, -0.1) is 0 Å². The van der Waals surface area contributed by atoms with Gasteiger partial charge in [-0.3, -0.25) is 0 Å². The summed E-state index contributed by atoms with van der Waals surface area (Å²) >= 11 is 0. The molecule has 0 spiro atoms. The molecule has 176 valence electrons. The fraction of sp³-hybridized carbons (Fsp3) is 0.870. The van der Waals surface area contributed by atoms with Crippen LogP contribution in [-0.2, 0) is 0 Å². The molecule has 2 aliphatic rings. The van der Waals surface area contributed by atoms with Gasteiger partial charge in [0.25, 0.3) is 0 Å². The van der Waals surface area contributed by atoms with Gasteiger partial charge in [-0.05, 0) is 62.2 Å². The van der Waals surface area contributed by atoms with Crippen molar-refractivity contribution < 1.29 is 10.2 Å². The van der Waals surface area contributed by atoms with Gasteiger partial charge in [0.2, 0.25) is 17.8 Å². The smallest absolute Gasteiger partial charge is 0.232 e. The largest absolute Gasteiger partial charge is 0.395 e. The summed E-state index contributed by atoms with van der Waals surface area (Å²) in [5.74, 6) is 4.31. The number of aliphatic hydroxyl groups excluding tert-OH is 2. The standard InChI is InChI=1S/C23H42N6O2/c1-15-5-7-19(17(3)13-15)24-21-26-22(25-20-8-6-16(2)14-18(20)4)28-23(27-21)29(9-11-30)10-12-31/h15-20,30-31H,5-14H2,1-4H3,(H2,24,25,26,27,28). The Bertz CT molecular complexity index is 638. The van der Waals surface area contributed by atoms with Crippen molar-refractivity contribution in [1.82, 2.24) is 15.0 Å². The zero-order chi connectivity index (χ0) is 22.4. The number of nitrogens with zero attached hydrogens (tertiary/aromatic N) is 4. The fourth-order valence-corrected chi connectivity index (χ4v) is 5.28. The van der Waals surface area contributed by atoms with E-state index in [0.29, 0.717) is 54.9 Å². The van der Waals surface area contributed by atoms with E-state index in [1.807, 2.05) is 4.90 Å². The minimum atomic E-state index is -0.0215. The van der Waals surface area contributed by atoms with Gasteiger partial charge >= 0.3 is 0 Å². The maximum Gasteiger partial charge on any atom is 0.232 e. The van der Waals surface area contributed by atoms with Crippen LogP contribution in [0.1, 0.15) is 66.2 Å². The predicted octanol–water partition coefficient (Wildman–Crippen LogP) is 3.14. The van der Waals surface area contributed by atoms with Gasteiger partial charge < -0.3 is 25.7 Å². The average Bonchev–Trinajstić information content (AvgIpc) is 2.72. The number of nitrogens with one attached hydrogen (secondary N) is 2. The van der Waals surface area contributed by atoms with Gasteiger partial charge in [0.05, 0.1) is 13.2 Å². The van der Waals surface area contributed by atoms with Crippen molar-refractivity contribution in [1.29, 1.82) is 0 Å². The molecule has 2 fully saturated rings. The monoisotopic (exact) mass is 434 g/mol. The molecule has 1 aromatic heterocycles. The minimum absolute atomic E-state index is 0.0215. The summed E-state index contributed by atoms with van der Waals surface area (Å²) in [6.45, 7) is 9.94. The van der Waals surface area contributed by atoms with Crippen molar-refractivity contribution in [3.63, 3.8) is 0 Å². The highest BCUT2D eigenvalue weighted by molar-refractivity contribution is 5.45. The molecule has 1 heterocycles. The highest BCUT2D eigenvalue weighted by Crippen LogP contribution is 2.32. The molecule has 2 aliphatic carbocycles. The minimum Gasteiger partial charge on any atom is -0.395 e. The quantitative estimate of drug-likeness (QED) is 0.470. The molecule has 4 N–H and O–H groups in total. The van der Waals surface area contributed by atoms with E-state index in [-0.39, 0.29) is 13.2 Å². The molecule has 6 unspecified atom stereocenters. The van der Waals surface area contributed by atoms with Gasteiger partial charge in [-0.2, -0.15) is 15.0 Å². The SMILES string of the molecule is CC1CCC(Nc2nc(NC3CCC(C)CC3C)nc(N(CCO)CCO)n2)C(C)C1. The molecular weight excluding hydrogens is 392 g/mol. The first-order valence-corrected chi connectivity index (χ1v) is 12.1. The molecule has 31 heavy (non-hydrogen) atoms. The summed E-state index contributed by atoms with van der Waals surface area (Å²) in [5, 5.41) is 26.1. The average molecular weight is 435 g/mol. The Morgan fingerprint density at radius 1 is 0.742 bits per heavy atom. The summed E-state index contributed by atoms with van der Waals surface area (Å²) < 4.78 is 0. The predicted molar refractivity (Wildman–Crippen MR) is 125 cm³/mol. The van der Waals surface area contributed by atoms with Crippen LogP contribution in [0.3, 0.4) is 0 Å². The van der Waals surface area contributed by atoms with Gasteiger partial charge in [0.15, 0.2) is 0 Å². The normalized spacial score (nSPS) is 31.3. The van der Waals surface area contributed by atoms with Crippen molar-refractivity contribution >= 4 is 17.8 Å². The van der Waals surface area contributed by atoms with Crippen LogP contribution in [-0.4, -0.2) is 63.6 Å². The van der Waals surface area contributed by atoms with Crippen molar-refractivity contribution in [2.45, 2.75) is 78.3 Å². The lowest BCUT2D eigenvalue weighted by Gasteiger charge is -2.34. The summed E-state index contributed by atoms with van der Waals surface area (Å²) in [7, 11) is 0. The molecule has 0 radical (unpaired) electrons. The molecule has 8 nitrogen and oxygen atoms in total. The number of rotatable bonds is 9. The van der Waals surface area contributed by atoms with E-state index in [0.717, 1.165) is 24.7 Å². The second-order valence-corrected chi connectivity index (χ2v) is 10.0. The highest BCUT2D eigenvalue weighted by Gasteiger charge is 2.28. The fourth-order valence-electron chi connectivity index (χ4n) is 5.28. The molecule has 2 saturated carbocycles. The molecule has 0 aromatic carbocycles. The lowest BCUT2D eigenvalue weighted by atomic mass is 9.80.